The molecule has 0 unspecified atom stereocenters. The van der Waals surface area contributed by atoms with Crippen LogP contribution in [-0.4, -0.2) is 28.0 Å². The highest BCUT2D eigenvalue weighted by Gasteiger charge is 2.51. The van der Waals surface area contributed by atoms with Gasteiger partial charge in [0.25, 0.3) is 0 Å². The lowest BCUT2D eigenvalue weighted by atomic mass is 9.65. The van der Waals surface area contributed by atoms with Crippen molar-refractivity contribution < 1.29 is 14.8 Å². The van der Waals surface area contributed by atoms with E-state index in [1.165, 1.54) is 0 Å². The van der Waals surface area contributed by atoms with Crippen LogP contribution in [0.1, 0.15) is 35.2 Å². The third-order valence-electron chi connectivity index (χ3n) is 5.18. The standard InChI is InChI=1S/C20H21NO4/c1-13-12-16(21(24)25)17(14-8-4-2-5-9-14)18(19(13)22)20(23)15-10-6-3-7-11-15/h2-11,13,16-19,22H,12H2,1H3/t13-,16-,17+,18-,19+/m1/s1. The molecule has 5 nitrogen and oxygen atoms in total. The molecule has 0 aromatic heterocycles. The number of carbonyl (C=O) groups is 1. The van der Waals surface area contributed by atoms with E-state index >= 15 is 0 Å². The van der Waals surface area contributed by atoms with E-state index in [0.29, 0.717) is 5.56 Å². The van der Waals surface area contributed by atoms with Gasteiger partial charge in [0.2, 0.25) is 6.04 Å². The number of aliphatic hydroxyl groups excluding tert-OH is 1. The Hall–Kier alpha value is -2.53. The van der Waals surface area contributed by atoms with Crippen LogP contribution in [-0.2, 0) is 0 Å². The number of nitro groups is 1. The minimum absolute atomic E-state index is 0.236. The average molecular weight is 339 g/mol. The molecule has 1 aliphatic carbocycles. The maximum Gasteiger partial charge on any atom is 0.221 e. The van der Waals surface area contributed by atoms with E-state index in [2.05, 4.69) is 0 Å². The van der Waals surface area contributed by atoms with E-state index in [0.717, 1.165) is 5.56 Å². The van der Waals surface area contributed by atoms with Gasteiger partial charge in [-0.15, -0.1) is 0 Å². The second-order valence-electron chi connectivity index (χ2n) is 6.75. The number of benzene rings is 2. The van der Waals surface area contributed by atoms with E-state index < -0.39 is 24.0 Å². The van der Waals surface area contributed by atoms with E-state index in [4.69, 9.17) is 0 Å². The molecule has 1 N–H and O–H groups in total. The lowest BCUT2D eigenvalue weighted by molar-refractivity contribution is -0.534. The summed E-state index contributed by atoms with van der Waals surface area (Å²) >= 11 is 0. The molecule has 25 heavy (non-hydrogen) atoms. The molecule has 0 heterocycles. The van der Waals surface area contributed by atoms with Crippen molar-refractivity contribution in [1.29, 1.82) is 0 Å². The molecule has 1 aliphatic rings. The van der Waals surface area contributed by atoms with E-state index in [9.17, 15) is 20.0 Å². The van der Waals surface area contributed by atoms with Gasteiger partial charge in [-0.05, 0) is 11.5 Å². The third-order valence-corrected chi connectivity index (χ3v) is 5.18. The fourth-order valence-corrected chi connectivity index (χ4v) is 3.91. The summed E-state index contributed by atoms with van der Waals surface area (Å²) in [5, 5.41) is 22.5. The molecule has 5 atom stereocenters. The Morgan fingerprint density at radius 1 is 1.08 bits per heavy atom. The predicted octanol–water partition coefficient (Wildman–Crippen LogP) is 3.32. The van der Waals surface area contributed by atoms with E-state index in [1.807, 2.05) is 12.1 Å². The highest BCUT2D eigenvalue weighted by atomic mass is 16.6. The van der Waals surface area contributed by atoms with Gasteiger partial charge in [-0.2, -0.15) is 0 Å². The van der Waals surface area contributed by atoms with Crippen LogP contribution in [0.25, 0.3) is 0 Å². The van der Waals surface area contributed by atoms with Crippen LogP contribution in [0, 0.1) is 22.0 Å². The van der Waals surface area contributed by atoms with Crippen molar-refractivity contribution in [3.05, 3.63) is 81.9 Å². The van der Waals surface area contributed by atoms with Gasteiger partial charge in [-0.3, -0.25) is 14.9 Å². The van der Waals surface area contributed by atoms with Gasteiger partial charge in [0.1, 0.15) is 0 Å². The Kier molecular flexibility index (Phi) is 4.95. The minimum Gasteiger partial charge on any atom is -0.392 e. The fourth-order valence-electron chi connectivity index (χ4n) is 3.91. The Labute approximate surface area is 146 Å². The molecular formula is C20H21NO4. The van der Waals surface area contributed by atoms with Gasteiger partial charge in [0.15, 0.2) is 5.78 Å². The van der Waals surface area contributed by atoms with Crippen molar-refractivity contribution in [2.24, 2.45) is 11.8 Å². The number of carbonyl (C=O) groups excluding carboxylic acids is 1. The number of hydrogen-bond acceptors (Lipinski definition) is 4. The molecule has 0 aliphatic heterocycles. The monoisotopic (exact) mass is 339 g/mol. The Morgan fingerprint density at radius 2 is 1.64 bits per heavy atom. The maximum atomic E-state index is 13.1. The second kappa shape index (κ2) is 7.15. The van der Waals surface area contributed by atoms with Crippen molar-refractivity contribution in [2.45, 2.75) is 31.4 Å². The highest BCUT2D eigenvalue weighted by Crippen LogP contribution is 2.43. The quantitative estimate of drug-likeness (QED) is 0.526. The van der Waals surface area contributed by atoms with Gasteiger partial charge in [0, 0.05) is 16.9 Å². The lowest BCUT2D eigenvalue weighted by Gasteiger charge is -2.40. The molecule has 0 bridgehead atoms. The molecule has 0 amide bonds. The number of Topliss-reactive ketones (excluding diaryl/α,β-unsaturated/α-hetero) is 1. The molecule has 2 aromatic rings. The third kappa shape index (κ3) is 3.33. The van der Waals surface area contributed by atoms with Crippen LogP contribution in [0.5, 0.6) is 0 Å². The van der Waals surface area contributed by atoms with Crippen LogP contribution in [0.4, 0.5) is 0 Å². The summed E-state index contributed by atoms with van der Waals surface area (Å²) in [5.41, 5.74) is 1.20. The lowest BCUT2D eigenvalue weighted by Crippen LogP contribution is -2.50. The van der Waals surface area contributed by atoms with E-state index in [1.54, 1.807) is 55.5 Å². The zero-order chi connectivity index (χ0) is 18.0. The number of hydrogen-bond donors (Lipinski definition) is 1. The summed E-state index contributed by atoms with van der Waals surface area (Å²) in [6.45, 7) is 1.77. The molecule has 1 saturated carbocycles. The topological polar surface area (TPSA) is 80.4 Å². The molecule has 5 heteroatoms. The average Bonchev–Trinajstić information content (AvgIpc) is 2.64. The first-order chi connectivity index (χ1) is 12.0. The number of ketones is 1. The van der Waals surface area contributed by atoms with Crippen molar-refractivity contribution in [3.63, 3.8) is 0 Å². The van der Waals surface area contributed by atoms with E-state index in [-0.39, 0.29) is 23.0 Å². The number of rotatable bonds is 4. The summed E-state index contributed by atoms with van der Waals surface area (Å²) in [4.78, 5) is 24.5. The summed E-state index contributed by atoms with van der Waals surface area (Å²) < 4.78 is 0. The molecule has 130 valence electrons. The first-order valence-electron chi connectivity index (χ1n) is 8.46. The number of nitrogens with zero attached hydrogens (tertiary/aromatic N) is 1. The van der Waals surface area contributed by atoms with Crippen LogP contribution in [0.2, 0.25) is 0 Å². The van der Waals surface area contributed by atoms with Gasteiger partial charge < -0.3 is 5.11 Å². The summed E-state index contributed by atoms with van der Waals surface area (Å²) in [5.74, 6) is -2.02. The van der Waals surface area contributed by atoms with Crippen molar-refractivity contribution in [1.82, 2.24) is 0 Å². The van der Waals surface area contributed by atoms with Gasteiger partial charge in [0.05, 0.1) is 17.9 Å². The summed E-state index contributed by atoms with van der Waals surface area (Å²) in [6.07, 6.45) is -0.652. The summed E-state index contributed by atoms with van der Waals surface area (Å²) in [6, 6.07) is 16.9. The van der Waals surface area contributed by atoms with Crippen LogP contribution >= 0.6 is 0 Å². The molecule has 1 fully saturated rings. The number of aliphatic hydroxyl groups is 1. The predicted molar refractivity (Wildman–Crippen MR) is 94.0 cm³/mol. The summed E-state index contributed by atoms with van der Waals surface area (Å²) in [7, 11) is 0. The zero-order valence-corrected chi connectivity index (χ0v) is 14.0. The van der Waals surface area contributed by atoms with Gasteiger partial charge >= 0.3 is 0 Å². The Bertz CT molecular complexity index is 747. The first-order valence-corrected chi connectivity index (χ1v) is 8.46. The Balaban J connectivity index is 2.09. The van der Waals surface area contributed by atoms with Crippen molar-refractivity contribution >= 4 is 5.78 Å². The highest BCUT2D eigenvalue weighted by molar-refractivity contribution is 5.99. The molecule has 3 rings (SSSR count). The molecule has 0 radical (unpaired) electrons. The van der Waals surface area contributed by atoms with Crippen molar-refractivity contribution in [3.8, 4) is 0 Å². The minimum atomic E-state index is -0.908. The fraction of sp³-hybridized carbons (Fsp3) is 0.350. The Morgan fingerprint density at radius 3 is 2.20 bits per heavy atom. The van der Waals surface area contributed by atoms with Gasteiger partial charge in [-0.1, -0.05) is 67.6 Å². The van der Waals surface area contributed by atoms with Crippen LogP contribution in [0.3, 0.4) is 0 Å². The molecule has 0 spiro atoms. The SMILES string of the molecule is C[C@@H]1C[C@@H]([N+](=O)[O-])[C@H](c2ccccc2)[C@@H](C(=O)c2ccccc2)[C@H]1O. The van der Waals surface area contributed by atoms with Gasteiger partial charge in [-0.25, -0.2) is 0 Å². The molecular weight excluding hydrogens is 318 g/mol. The second-order valence-corrected chi connectivity index (χ2v) is 6.75. The molecule has 2 aromatic carbocycles. The maximum absolute atomic E-state index is 13.1. The molecule has 0 saturated heterocycles. The van der Waals surface area contributed by atoms with Crippen LogP contribution in [0.15, 0.2) is 60.7 Å². The largest absolute Gasteiger partial charge is 0.392 e. The smallest absolute Gasteiger partial charge is 0.221 e. The van der Waals surface area contributed by atoms with Crippen LogP contribution < -0.4 is 0 Å². The van der Waals surface area contributed by atoms with Crippen molar-refractivity contribution in [2.75, 3.05) is 0 Å². The first kappa shape index (κ1) is 17.3. The normalized spacial score (nSPS) is 29.1. The zero-order valence-electron chi connectivity index (χ0n) is 14.0.